The molecule has 0 saturated carbocycles. The van der Waals surface area contributed by atoms with Crippen molar-refractivity contribution < 1.29 is 10.2 Å². The fourth-order valence-corrected chi connectivity index (χ4v) is 5.60. The standard InChI is InChI=1S/C25H46N2O2/c1-6-7-8-9-10-11-12-13-14-15-16-20-21(27-22(28)17-18-23(27)29)19-24(2,3)26-25(20,4)5/h17-18,20-21,26,28-29H,6-16,19H2,1-5H3. The topological polar surface area (TPSA) is 57.4 Å². The normalized spacial score (nSPS) is 23.3. The van der Waals surface area contributed by atoms with E-state index in [4.69, 9.17) is 0 Å². The predicted molar refractivity (Wildman–Crippen MR) is 123 cm³/mol. The van der Waals surface area contributed by atoms with Crippen molar-refractivity contribution in [1.29, 1.82) is 0 Å². The zero-order chi connectivity index (χ0) is 21.5. The number of nitrogens with zero attached hydrogens (tertiary/aromatic N) is 1. The molecule has 4 heteroatoms. The van der Waals surface area contributed by atoms with E-state index < -0.39 is 0 Å². The van der Waals surface area contributed by atoms with Gasteiger partial charge in [-0.05, 0) is 46.5 Å². The third-order valence-electron chi connectivity index (χ3n) is 6.85. The highest BCUT2D eigenvalue weighted by molar-refractivity contribution is 5.26. The van der Waals surface area contributed by atoms with Crippen molar-refractivity contribution in [3.8, 4) is 11.8 Å². The van der Waals surface area contributed by atoms with E-state index in [1.807, 2.05) is 0 Å². The summed E-state index contributed by atoms with van der Waals surface area (Å²) in [7, 11) is 0. The molecule has 1 aromatic heterocycles. The Labute approximate surface area is 179 Å². The van der Waals surface area contributed by atoms with Crippen molar-refractivity contribution in [2.75, 3.05) is 0 Å². The van der Waals surface area contributed by atoms with Crippen LogP contribution < -0.4 is 5.32 Å². The molecule has 1 saturated heterocycles. The molecule has 1 aliphatic rings. The monoisotopic (exact) mass is 406 g/mol. The van der Waals surface area contributed by atoms with Gasteiger partial charge in [0.25, 0.3) is 0 Å². The number of piperidine rings is 1. The lowest BCUT2D eigenvalue weighted by Gasteiger charge is -2.52. The van der Waals surface area contributed by atoms with Gasteiger partial charge in [0, 0.05) is 29.3 Å². The summed E-state index contributed by atoms with van der Waals surface area (Å²) < 4.78 is 1.76. The SMILES string of the molecule is CCCCCCCCCCCCC1C(n2c(O)ccc2O)CC(C)(C)NC1(C)C. The molecule has 1 fully saturated rings. The van der Waals surface area contributed by atoms with Gasteiger partial charge >= 0.3 is 0 Å². The highest BCUT2D eigenvalue weighted by atomic mass is 16.3. The summed E-state index contributed by atoms with van der Waals surface area (Å²) in [5, 5.41) is 24.6. The van der Waals surface area contributed by atoms with Gasteiger partial charge in [-0.1, -0.05) is 71.1 Å². The van der Waals surface area contributed by atoms with Gasteiger partial charge in [0.2, 0.25) is 0 Å². The van der Waals surface area contributed by atoms with Crippen LogP contribution in [0.15, 0.2) is 12.1 Å². The molecule has 2 unspecified atom stereocenters. The maximum atomic E-state index is 10.4. The molecule has 3 N–H and O–H groups in total. The summed E-state index contributed by atoms with van der Waals surface area (Å²) >= 11 is 0. The smallest absolute Gasteiger partial charge is 0.194 e. The Kier molecular flexibility index (Phi) is 8.93. The molecule has 0 spiro atoms. The number of aromatic hydroxyl groups is 2. The first-order chi connectivity index (χ1) is 13.7. The summed E-state index contributed by atoms with van der Waals surface area (Å²) in [5.41, 5.74) is -0.0829. The molecule has 29 heavy (non-hydrogen) atoms. The van der Waals surface area contributed by atoms with E-state index in [2.05, 4.69) is 39.9 Å². The van der Waals surface area contributed by atoms with E-state index in [9.17, 15) is 10.2 Å². The summed E-state index contributed by atoms with van der Waals surface area (Å²) in [6.07, 6.45) is 15.5. The van der Waals surface area contributed by atoms with Crippen molar-refractivity contribution in [2.24, 2.45) is 5.92 Å². The largest absolute Gasteiger partial charge is 0.494 e. The number of hydrogen-bond acceptors (Lipinski definition) is 3. The molecule has 2 rings (SSSR count). The maximum absolute atomic E-state index is 10.4. The predicted octanol–water partition coefficient (Wildman–Crippen LogP) is 6.92. The van der Waals surface area contributed by atoms with Crippen molar-refractivity contribution >= 4 is 0 Å². The van der Waals surface area contributed by atoms with Gasteiger partial charge in [-0.25, -0.2) is 0 Å². The average molecular weight is 407 g/mol. The third kappa shape index (κ3) is 6.94. The fraction of sp³-hybridized carbons (Fsp3) is 0.840. The molecular formula is C25H46N2O2. The Balaban J connectivity index is 1.87. The van der Waals surface area contributed by atoms with Crippen LogP contribution in [-0.2, 0) is 0 Å². The Morgan fingerprint density at radius 2 is 1.34 bits per heavy atom. The van der Waals surface area contributed by atoms with E-state index in [0.717, 1.165) is 12.8 Å². The maximum Gasteiger partial charge on any atom is 0.194 e. The minimum atomic E-state index is -0.0468. The second-order valence-corrected chi connectivity index (χ2v) is 10.5. The number of aromatic nitrogens is 1. The summed E-state index contributed by atoms with van der Waals surface area (Å²) in [4.78, 5) is 0. The molecule has 0 amide bonds. The van der Waals surface area contributed by atoms with Crippen LogP contribution in [0.3, 0.4) is 0 Å². The number of hydrogen-bond donors (Lipinski definition) is 3. The molecule has 0 radical (unpaired) electrons. The van der Waals surface area contributed by atoms with Crippen LogP contribution in [0.1, 0.15) is 118 Å². The van der Waals surface area contributed by atoms with Crippen molar-refractivity contribution in [3.05, 3.63) is 12.1 Å². The summed E-state index contributed by atoms with van der Waals surface area (Å²) in [5.74, 6) is 0.719. The number of unbranched alkanes of at least 4 members (excludes halogenated alkanes) is 9. The molecule has 0 aliphatic carbocycles. The van der Waals surface area contributed by atoms with Gasteiger partial charge in [0.05, 0.1) is 0 Å². The van der Waals surface area contributed by atoms with Crippen LogP contribution >= 0.6 is 0 Å². The molecule has 2 atom stereocenters. The zero-order valence-corrected chi connectivity index (χ0v) is 19.6. The lowest BCUT2D eigenvalue weighted by molar-refractivity contribution is 0.0454. The highest BCUT2D eigenvalue weighted by Gasteiger charge is 2.46. The van der Waals surface area contributed by atoms with Crippen LogP contribution in [0.25, 0.3) is 0 Å². The van der Waals surface area contributed by atoms with Gasteiger partial charge in [-0.15, -0.1) is 0 Å². The number of rotatable bonds is 12. The molecule has 168 valence electrons. The first kappa shape index (κ1) is 24.1. The van der Waals surface area contributed by atoms with Crippen LogP contribution in [0.2, 0.25) is 0 Å². The quantitative estimate of drug-likeness (QED) is 0.330. The van der Waals surface area contributed by atoms with Crippen LogP contribution in [0, 0.1) is 5.92 Å². The molecule has 2 heterocycles. The van der Waals surface area contributed by atoms with Crippen LogP contribution in [-0.4, -0.2) is 25.9 Å². The van der Waals surface area contributed by atoms with E-state index in [-0.39, 0.29) is 28.9 Å². The Morgan fingerprint density at radius 1 is 0.862 bits per heavy atom. The minimum absolute atomic E-state index is 0.0361. The van der Waals surface area contributed by atoms with E-state index in [1.54, 1.807) is 16.7 Å². The first-order valence-corrected chi connectivity index (χ1v) is 12.1. The molecule has 4 nitrogen and oxygen atoms in total. The lowest BCUT2D eigenvalue weighted by Crippen LogP contribution is -2.62. The van der Waals surface area contributed by atoms with Gasteiger partial charge in [0.15, 0.2) is 11.8 Å². The van der Waals surface area contributed by atoms with Crippen molar-refractivity contribution in [1.82, 2.24) is 9.88 Å². The van der Waals surface area contributed by atoms with Gasteiger partial charge in [-0.3, -0.25) is 4.57 Å². The van der Waals surface area contributed by atoms with E-state index >= 15 is 0 Å². The third-order valence-corrected chi connectivity index (χ3v) is 6.85. The molecule has 0 aromatic carbocycles. The highest BCUT2D eigenvalue weighted by Crippen LogP contribution is 2.46. The van der Waals surface area contributed by atoms with Gasteiger partial charge in [0.1, 0.15) is 0 Å². The minimum Gasteiger partial charge on any atom is -0.494 e. The first-order valence-electron chi connectivity index (χ1n) is 12.1. The fourth-order valence-electron chi connectivity index (χ4n) is 5.60. The Hall–Kier alpha value is -1.16. The van der Waals surface area contributed by atoms with Crippen LogP contribution in [0.4, 0.5) is 0 Å². The van der Waals surface area contributed by atoms with E-state index in [1.165, 1.54) is 64.2 Å². The molecular weight excluding hydrogens is 360 g/mol. The summed E-state index contributed by atoms with van der Waals surface area (Å²) in [6, 6.07) is 3.32. The molecule has 1 aromatic rings. The van der Waals surface area contributed by atoms with Gasteiger partial charge < -0.3 is 15.5 Å². The average Bonchev–Trinajstić information content (AvgIpc) is 2.95. The Bertz CT molecular complexity index is 586. The molecule has 1 aliphatic heterocycles. The second kappa shape index (κ2) is 10.7. The molecule has 0 bridgehead atoms. The lowest BCUT2D eigenvalue weighted by atomic mass is 9.69. The number of nitrogens with one attached hydrogen (secondary N) is 1. The second-order valence-electron chi connectivity index (χ2n) is 10.5. The van der Waals surface area contributed by atoms with Gasteiger partial charge in [-0.2, -0.15) is 0 Å². The zero-order valence-electron chi connectivity index (χ0n) is 19.6. The van der Waals surface area contributed by atoms with Crippen molar-refractivity contribution in [3.63, 3.8) is 0 Å². The Morgan fingerprint density at radius 3 is 1.86 bits per heavy atom. The van der Waals surface area contributed by atoms with E-state index in [0.29, 0.717) is 5.92 Å². The summed E-state index contributed by atoms with van der Waals surface area (Å²) in [6.45, 7) is 11.3. The van der Waals surface area contributed by atoms with Crippen molar-refractivity contribution in [2.45, 2.75) is 129 Å². The van der Waals surface area contributed by atoms with Crippen LogP contribution in [0.5, 0.6) is 11.8 Å².